The fraction of sp³-hybridized carbons (Fsp3) is 0.0714. The summed E-state index contributed by atoms with van der Waals surface area (Å²) in [7, 11) is -8.77. The summed E-state index contributed by atoms with van der Waals surface area (Å²) in [6, 6.07) is 27.8. The number of primary sulfonamides is 1. The maximum atomic E-state index is 13.7. The summed E-state index contributed by atoms with van der Waals surface area (Å²) in [4.78, 5) is -0.0523. The van der Waals surface area contributed by atoms with Crippen LogP contribution in [-0.2, 0) is 20.0 Å². The molecule has 5 aromatic rings. The molecule has 0 aliphatic rings. The summed E-state index contributed by atoms with van der Waals surface area (Å²) in [5.74, 6) is -0.848. The number of nitrogens with two attached hydrogens (primary N) is 1. The molecule has 2 N–H and O–H groups in total. The van der Waals surface area contributed by atoms with E-state index in [1.54, 1.807) is 54.6 Å². The minimum Gasteiger partial charge on any atom is -0.223 e. The number of fused-ring (bicyclic) bond motifs is 1. The van der Waals surface area contributed by atoms with Gasteiger partial charge in [-0.05, 0) is 47.0 Å². The molecule has 1 unspecified atom stereocenters. The lowest BCUT2D eigenvalue weighted by Gasteiger charge is -2.16. The third-order valence-electron chi connectivity index (χ3n) is 6.40. The maximum absolute atomic E-state index is 13.7. The van der Waals surface area contributed by atoms with Gasteiger partial charge >= 0.3 is 0 Å². The summed E-state index contributed by atoms with van der Waals surface area (Å²) >= 11 is 0. The van der Waals surface area contributed by atoms with Crippen molar-refractivity contribution in [1.29, 1.82) is 0 Å². The molecule has 0 spiro atoms. The van der Waals surface area contributed by atoms with Crippen molar-refractivity contribution in [3.8, 4) is 11.1 Å². The van der Waals surface area contributed by atoms with Gasteiger partial charge in [0.15, 0.2) is 5.03 Å². The quantitative estimate of drug-likeness (QED) is 0.312. The highest BCUT2D eigenvalue weighted by molar-refractivity contribution is 7.92. The Labute approximate surface area is 214 Å². The Morgan fingerprint density at radius 2 is 1.27 bits per heavy atom. The number of halogens is 1. The van der Waals surface area contributed by atoms with Crippen molar-refractivity contribution >= 4 is 30.9 Å². The van der Waals surface area contributed by atoms with E-state index in [0.717, 1.165) is 20.7 Å². The number of aromatic nitrogens is 1. The summed E-state index contributed by atoms with van der Waals surface area (Å²) in [5, 5.41) is 5.69. The molecule has 0 aliphatic carbocycles. The van der Waals surface area contributed by atoms with Crippen LogP contribution in [-0.4, -0.2) is 20.8 Å². The molecule has 0 aliphatic heterocycles. The first-order valence-electron chi connectivity index (χ1n) is 11.4. The second-order valence-electron chi connectivity index (χ2n) is 8.71. The number of benzene rings is 4. The number of hydrogen-bond acceptors (Lipinski definition) is 4. The number of nitrogens with zero attached hydrogens (tertiary/aromatic N) is 1. The molecule has 37 heavy (non-hydrogen) atoms. The topological polar surface area (TPSA) is 99.2 Å². The van der Waals surface area contributed by atoms with E-state index in [1.165, 1.54) is 24.3 Å². The maximum Gasteiger partial charge on any atom is 0.269 e. The van der Waals surface area contributed by atoms with Crippen LogP contribution < -0.4 is 5.14 Å². The number of sulfonamides is 1. The summed E-state index contributed by atoms with van der Waals surface area (Å²) in [5.41, 5.74) is 2.97. The smallest absolute Gasteiger partial charge is 0.223 e. The van der Waals surface area contributed by atoms with Crippen molar-refractivity contribution in [2.75, 3.05) is 0 Å². The first-order chi connectivity index (χ1) is 17.6. The van der Waals surface area contributed by atoms with Crippen LogP contribution in [0.4, 0.5) is 4.39 Å². The van der Waals surface area contributed by atoms with Crippen LogP contribution in [0.15, 0.2) is 113 Å². The Morgan fingerprint density at radius 1 is 0.730 bits per heavy atom. The molecule has 188 valence electrons. The Morgan fingerprint density at radius 3 is 1.86 bits per heavy atom. The molecule has 0 saturated heterocycles. The van der Waals surface area contributed by atoms with Gasteiger partial charge in [-0.2, -0.15) is 0 Å². The molecule has 1 atom stereocenters. The molecule has 0 amide bonds. The first kappa shape index (κ1) is 24.9. The number of para-hydroxylation sites is 1. The van der Waals surface area contributed by atoms with Gasteiger partial charge in [0.05, 0.1) is 10.4 Å². The molecule has 6 nitrogen and oxygen atoms in total. The zero-order valence-corrected chi connectivity index (χ0v) is 21.4. The molecule has 9 heteroatoms. The lowest BCUT2D eigenvalue weighted by atomic mass is 9.91. The molecule has 0 radical (unpaired) electrons. The molecule has 5 rings (SSSR count). The Kier molecular flexibility index (Phi) is 6.23. The third kappa shape index (κ3) is 4.46. The van der Waals surface area contributed by atoms with E-state index in [-0.39, 0.29) is 16.2 Å². The monoisotopic (exact) mass is 534 g/mol. The standard InChI is InChI=1S/C28H23FN2O4S2/c1-19(20-11-13-21(14-12-20)22-15-17-23(29)18-16-22)27-25-9-5-6-10-26(25)31(28(27)36(30,32)33)37(34,35)24-7-3-2-4-8-24/h2-19H,1H3,(H2,30,32,33). The minimum absolute atomic E-state index is 0.0523. The van der Waals surface area contributed by atoms with Crippen LogP contribution in [0.1, 0.15) is 24.0 Å². The summed E-state index contributed by atoms with van der Waals surface area (Å²) in [6.45, 7) is 1.81. The third-order valence-corrected chi connectivity index (χ3v) is 9.18. The van der Waals surface area contributed by atoms with Gasteiger partial charge < -0.3 is 0 Å². The van der Waals surface area contributed by atoms with Crippen molar-refractivity contribution < 1.29 is 21.2 Å². The lowest BCUT2D eigenvalue weighted by Crippen LogP contribution is -2.24. The van der Waals surface area contributed by atoms with E-state index in [2.05, 4.69) is 0 Å². The van der Waals surface area contributed by atoms with Crippen molar-refractivity contribution in [3.05, 3.63) is 120 Å². The van der Waals surface area contributed by atoms with Gasteiger partial charge in [-0.25, -0.2) is 30.3 Å². The van der Waals surface area contributed by atoms with E-state index in [0.29, 0.717) is 10.9 Å². The Hall–Kier alpha value is -3.79. The predicted octanol–water partition coefficient (Wildman–Crippen LogP) is 5.48. The molecule has 1 aromatic heterocycles. The SMILES string of the molecule is CC(c1ccc(-c2ccc(F)cc2)cc1)c1c(S(N)(=O)=O)n(S(=O)(=O)c2ccccc2)c2ccccc12. The summed E-state index contributed by atoms with van der Waals surface area (Å²) < 4.78 is 67.6. The van der Waals surface area contributed by atoms with Gasteiger partial charge in [-0.15, -0.1) is 0 Å². The molecular formula is C28H23FN2O4S2. The zero-order valence-electron chi connectivity index (χ0n) is 19.7. The van der Waals surface area contributed by atoms with Crippen molar-refractivity contribution in [2.24, 2.45) is 5.14 Å². The van der Waals surface area contributed by atoms with Crippen molar-refractivity contribution in [3.63, 3.8) is 0 Å². The Balaban J connectivity index is 1.72. The zero-order chi connectivity index (χ0) is 26.4. The van der Waals surface area contributed by atoms with Gasteiger partial charge in [-0.1, -0.05) is 79.7 Å². The second-order valence-corrected chi connectivity index (χ2v) is 12.0. The van der Waals surface area contributed by atoms with Gasteiger partial charge in [-0.3, -0.25) is 0 Å². The predicted molar refractivity (Wildman–Crippen MR) is 142 cm³/mol. The fourth-order valence-electron chi connectivity index (χ4n) is 4.61. The van der Waals surface area contributed by atoms with Crippen LogP contribution in [0.2, 0.25) is 0 Å². The van der Waals surface area contributed by atoms with E-state index >= 15 is 0 Å². The van der Waals surface area contributed by atoms with E-state index in [9.17, 15) is 21.2 Å². The van der Waals surface area contributed by atoms with Crippen LogP contribution in [0.5, 0.6) is 0 Å². The average Bonchev–Trinajstić information content (AvgIpc) is 3.26. The van der Waals surface area contributed by atoms with Crippen LogP contribution in [0, 0.1) is 5.82 Å². The molecule has 1 heterocycles. The van der Waals surface area contributed by atoms with E-state index in [1.807, 2.05) is 31.2 Å². The summed E-state index contributed by atoms with van der Waals surface area (Å²) in [6.07, 6.45) is 0. The lowest BCUT2D eigenvalue weighted by molar-refractivity contribution is 0.572. The highest BCUT2D eigenvalue weighted by Gasteiger charge is 2.34. The molecule has 0 bridgehead atoms. The van der Waals surface area contributed by atoms with Crippen LogP contribution in [0.3, 0.4) is 0 Å². The van der Waals surface area contributed by atoms with Crippen molar-refractivity contribution in [1.82, 2.24) is 3.97 Å². The first-order valence-corrected chi connectivity index (χ1v) is 14.4. The van der Waals surface area contributed by atoms with Crippen LogP contribution >= 0.6 is 0 Å². The van der Waals surface area contributed by atoms with Crippen molar-refractivity contribution in [2.45, 2.75) is 22.8 Å². The minimum atomic E-state index is -4.48. The molecular weight excluding hydrogens is 511 g/mol. The average molecular weight is 535 g/mol. The normalized spacial score (nSPS) is 13.1. The molecule has 0 fully saturated rings. The molecule has 4 aromatic carbocycles. The van der Waals surface area contributed by atoms with Crippen LogP contribution in [0.25, 0.3) is 22.0 Å². The van der Waals surface area contributed by atoms with E-state index < -0.39 is 31.0 Å². The van der Waals surface area contributed by atoms with Gasteiger partial charge in [0.2, 0.25) is 0 Å². The fourth-order valence-corrected chi connectivity index (χ4v) is 7.59. The van der Waals surface area contributed by atoms with Gasteiger partial charge in [0.25, 0.3) is 20.0 Å². The number of hydrogen-bond donors (Lipinski definition) is 1. The highest BCUT2D eigenvalue weighted by atomic mass is 32.2. The Bertz CT molecular complexity index is 1810. The van der Waals surface area contributed by atoms with Gasteiger partial charge in [0.1, 0.15) is 5.82 Å². The largest absolute Gasteiger partial charge is 0.269 e. The van der Waals surface area contributed by atoms with Gasteiger partial charge in [0, 0.05) is 16.9 Å². The molecule has 0 saturated carbocycles. The second kappa shape index (κ2) is 9.26. The highest BCUT2D eigenvalue weighted by Crippen LogP contribution is 2.40. The van der Waals surface area contributed by atoms with E-state index in [4.69, 9.17) is 5.14 Å². The number of rotatable bonds is 6.